The van der Waals surface area contributed by atoms with E-state index in [0.29, 0.717) is 22.7 Å². The van der Waals surface area contributed by atoms with Crippen LogP contribution in [-0.4, -0.2) is 31.7 Å². The highest BCUT2D eigenvalue weighted by atomic mass is 16.5. The monoisotopic (exact) mass is 389 g/mol. The van der Waals surface area contributed by atoms with E-state index < -0.39 is 0 Å². The second kappa shape index (κ2) is 8.22. The molecule has 6 heteroatoms. The Morgan fingerprint density at radius 2 is 1.86 bits per heavy atom. The summed E-state index contributed by atoms with van der Waals surface area (Å²) in [6, 6.07) is 17.3. The quantitative estimate of drug-likeness (QED) is 0.717. The maximum absolute atomic E-state index is 12.9. The average molecular weight is 389 g/mol. The number of ether oxygens (including phenoxy) is 2. The molecule has 148 valence electrons. The van der Waals surface area contributed by atoms with Crippen molar-refractivity contribution in [3.8, 4) is 11.5 Å². The number of nitrogens with one attached hydrogen (secondary N) is 1. The number of nitrogens with zero attached hydrogens (tertiary/aromatic N) is 2. The van der Waals surface area contributed by atoms with Gasteiger partial charge in [0.05, 0.1) is 19.9 Å². The molecule has 4 rings (SSSR count). The molecule has 6 nitrogen and oxygen atoms in total. The van der Waals surface area contributed by atoms with E-state index in [9.17, 15) is 4.79 Å². The SMILES string of the molecule is COc1ccc(OC)c(NC(=O)c2ccnc(N3CCc4ccccc4C3)c2)c1. The van der Waals surface area contributed by atoms with Gasteiger partial charge in [-0.25, -0.2) is 4.98 Å². The molecule has 0 fully saturated rings. The second-order valence-corrected chi connectivity index (χ2v) is 6.86. The summed E-state index contributed by atoms with van der Waals surface area (Å²) < 4.78 is 10.6. The van der Waals surface area contributed by atoms with Crippen molar-refractivity contribution < 1.29 is 14.3 Å². The minimum absolute atomic E-state index is 0.224. The first-order valence-corrected chi connectivity index (χ1v) is 9.49. The fraction of sp³-hybridized carbons (Fsp3) is 0.217. The number of amides is 1. The third-order valence-corrected chi connectivity index (χ3v) is 5.12. The Labute approximate surface area is 170 Å². The number of aromatic nitrogens is 1. The van der Waals surface area contributed by atoms with E-state index in [-0.39, 0.29) is 5.91 Å². The van der Waals surface area contributed by atoms with Crippen LogP contribution in [0.5, 0.6) is 11.5 Å². The first-order chi connectivity index (χ1) is 14.2. The molecule has 29 heavy (non-hydrogen) atoms. The molecule has 1 N–H and O–H groups in total. The lowest BCUT2D eigenvalue weighted by molar-refractivity contribution is 0.102. The molecule has 3 aromatic rings. The van der Waals surface area contributed by atoms with E-state index in [1.807, 2.05) is 6.07 Å². The van der Waals surface area contributed by atoms with Gasteiger partial charge in [-0.1, -0.05) is 24.3 Å². The van der Waals surface area contributed by atoms with Gasteiger partial charge >= 0.3 is 0 Å². The molecule has 2 aromatic carbocycles. The average Bonchev–Trinajstić information content (AvgIpc) is 2.78. The van der Waals surface area contributed by atoms with E-state index >= 15 is 0 Å². The van der Waals surface area contributed by atoms with Crippen LogP contribution in [0.15, 0.2) is 60.8 Å². The zero-order chi connectivity index (χ0) is 20.2. The van der Waals surface area contributed by atoms with Gasteiger partial charge in [0.15, 0.2) is 0 Å². The zero-order valence-electron chi connectivity index (χ0n) is 16.5. The standard InChI is InChI=1S/C23H23N3O3/c1-28-19-7-8-21(29-2)20(14-19)25-23(27)17-9-11-24-22(13-17)26-12-10-16-5-3-4-6-18(16)15-26/h3-9,11,13-14H,10,12,15H2,1-2H3,(H,25,27). The van der Waals surface area contributed by atoms with Crippen LogP contribution >= 0.6 is 0 Å². The number of fused-ring (bicyclic) bond motifs is 1. The van der Waals surface area contributed by atoms with E-state index in [1.54, 1.807) is 44.7 Å². The van der Waals surface area contributed by atoms with Crippen molar-refractivity contribution in [3.05, 3.63) is 77.5 Å². The predicted octanol–water partition coefficient (Wildman–Crippen LogP) is 3.91. The molecule has 1 amide bonds. The molecule has 1 aliphatic rings. The highest BCUT2D eigenvalue weighted by Gasteiger charge is 2.18. The summed E-state index contributed by atoms with van der Waals surface area (Å²) >= 11 is 0. The third-order valence-electron chi connectivity index (χ3n) is 5.12. The minimum atomic E-state index is -0.224. The second-order valence-electron chi connectivity index (χ2n) is 6.86. The highest BCUT2D eigenvalue weighted by molar-refractivity contribution is 6.05. The lowest BCUT2D eigenvalue weighted by atomic mass is 10.00. The molecule has 0 saturated carbocycles. The van der Waals surface area contributed by atoms with Crippen LogP contribution in [0.3, 0.4) is 0 Å². The molecule has 0 unspecified atom stereocenters. The highest BCUT2D eigenvalue weighted by Crippen LogP contribution is 2.30. The Morgan fingerprint density at radius 3 is 2.66 bits per heavy atom. The van der Waals surface area contributed by atoms with Gasteiger partial charge in [0, 0.05) is 30.9 Å². The molecule has 2 heterocycles. The number of rotatable bonds is 5. The van der Waals surface area contributed by atoms with Gasteiger partial charge in [0.2, 0.25) is 0 Å². The van der Waals surface area contributed by atoms with Crippen LogP contribution < -0.4 is 19.7 Å². The molecule has 0 radical (unpaired) electrons. The number of pyridine rings is 1. The maximum Gasteiger partial charge on any atom is 0.255 e. The molecular weight excluding hydrogens is 366 g/mol. The summed E-state index contributed by atoms with van der Waals surface area (Å²) in [7, 11) is 3.15. The van der Waals surface area contributed by atoms with E-state index in [2.05, 4.69) is 39.5 Å². The lowest BCUT2D eigenvalue weighted by Crippen LogP contribution is -2.31. The molecule has 0 bridgehead atoms. The van der Waals surface area contributed by atoms with Crippen molar-refractivity contribution in [2.45, 2.75) is 13.0 Å². The Kier molecular flexibility index (Phi) is 5.33. The molecule has 0 atom stereocenters. The Hall–Kier alpha value is -3.54. The molecule has 1 aromatic heterocycles. The minimum Gasteiger partial charge on any atom is -0.497 e. The van der Waals surface area contributed by atoms with E-state index in [4.69, 9.17) is 9.47 Å². The summed E-state index contributed by atoms with van der Waals surface area (Å²) in [6.07, 6.45) is 2.64. The smallest absolute Gasteiger partial charge is 0.255 e. The summed E-state index contributed by atoms with van der Waals surface area (Å²) in [6.45, 7) is 1.66. The fourth-order valence-electron chi connectivity index (χ4n) is 3.53. The number of anilines is 2. The van der Waals surface area contributed by atoms with Crippen LogP contribution in [0, 0.1) is 0 Å². The Bertz CT molecular complexity index is 1040. The molecular formula is C23H23N3O3. The topological polar surface area (TPSA) is 63.7 Å². The largest absolute Gasteiger partial charge is 0.497 e. The van der Waals surface area contributed by atoms with Crippen LogP contribution in [0.25, 0.3) is 0 Å². The molecule has 0 saturated heterocycles. The normalized spacial score (nSPS) is 12.8. The third kappa shape index (κ3) is 4.01. The number of hydrogen-bond donors (Lipinski definition) is 1. The summed E-state index contributed by atoms with van der Waals surface area (Å²) in [5.74, 6) is 1.78. The summed E-state index contributed by atoms with van der Waals surface area (Å²) in [5, 5.41) is 2.91. The Balaban J connectivity index is 1.54. The molecule has 1 aliphatic heterocycles. The van der Waals surface area contributed by atoms with Crippen molar-refractivity contribution in [1.29, 1.82) is 0 Å². The first kappa shape index (κ1) is 18.8. The van der Waals surface area contributed by atoms with Crippen LogP contribution in [-0.2, 0) is 13.0 Å². The van der Waals surface area contributed by atoms with E-state index in [0.717, 1.165) is 25.3 Å². The van der Waals surface area contributed by atoms with Gasteiger partial charge in [-0.05, 0) is 41.8 Å². The van der Waals surface area contributed by atoms with Gasteiger partial charge in [0.25, 0.3) is 5.91 Å². The number of methoxy groups -OCH3 is 2. The first-order valence-electron chi connectivity index (χ1n) is 9.49. The van der Waals surface area contributed by atoms with Crippen LogP contribution in [0.4, 0.5) is 11.5 Å². The molecule has 0 aliphatic carbocycles. The van der Waals surface area contributed by atoms with Gasteiger partial charge in [-0.2, -0.15) is 0 Å². The number of benzene rings is 2. The number of carbonyl (C=O) groups is 1. The van der Waals surface area contributed by atoms with Gasteiger partial charge in [-0.15, -0.1) is 0 Å². The summed E-state index contributed by atoms with van der Waals surface area (Å²) in [4.78, 5) is 19.5. The van der Waals surface area contributed by atoms with Crippen LogP contribution in [0.2, 0.25) is 0 Å². The van der Waals surface area contributed by atoms with Gasteiger partial charge in [0.1, 0.15) is 17.3 Å². The number of carbonyl (C=O) groups excluding carboxylic acids is 1. The zero-order valence-corrected chi connectivity index (χ0v) is 16.5. The van der Waals surface area contributed by atoms with Crippen molar-refractivity contribution in [1.82, 2.24) is 4.98 Å². The summed E-state index contributed by atoms with van der Waals surface area (Å²) in [5.41, 5.74) is 3.78. The van der Waals surface area contributed by atoms with E-state index in [1.165, 1.54) is 11.1 Å². The lowest BCUT2D eigenvalue weighted by Gasteiger charge is -2.29. The van der Waals surface area contributed by atoms with Crippen molar-refractivity contribution >= 4 is 17.4 Å². The molecule has 0 spiro atoms. The fourth-order valence-corrected chi connectivity index (χ4v) is 3.53. The van der Waals surface area contributed by atoms with Crippen molar-refractivity contribution in [2.24, 2.45) is 0 Å². The van der Waals surface area contributed by atoms with Crippen molar-refractivity contribution in [2.75, 3.05) is 31.0 Å². The van der Waals surface area contributed by atoms with Gasteiger partial charge < -0.3 is 19.7 Å². The Morgan fingerprint density at radius 1 is 1.03 bits per heavy atom. The predicted molar refractivity (Wildman–Crippen MR) is 113 cm³/mol. The number of hydrogen-bond acceptors (Lipinski definition) is 5. The van der Waals surface area contributed by atoms with Crippen molar-refractivity contribution in [3.63, 3.8) is 0 Å². The maximum atomic E-state index is 12.9. The van der Waals surface area contributed by atoms with Gasteiger partial charge in [-0.3, -0.25) is 4.79 Å². The van der Waals surface area contributed by atoms with Crippen LogP contribution in [0.1, 0.15) is 21.5 Å².